The van der Waals surface area contributed by atoms with Gasteiger partial charge in [0, 0.05) is 5.69 Å². The second-order valence-corrected chi connectivity index (χ2v) is 5.24. The Balaban J connectivity index is 1.67. The summed E-state index contributed by atoms with van der Waals surface area (Å²) < 4.78 is 1.47. The monoisotopic (exact) mass is 299 g/mol. The van der Waals surface area contributed by atoms with Crippen LogP contribution in [0.15, 0.2) is 24.3 Å². The van der Waals surface area contributed by atoms with E-state index >= 15 is 0 Å². The van der Waals surface area contributed by atoms with Gasteiger partial charge in [0.25, 0.3) is 5.91 Å². The van der Waals surface area contributed by atoms with E-state index in [-0.39, 0.29) is 18.2 Å². The van der Waals surface area contributed by atoms with Crippen LogP contribution < -0.4 is 10.6 Å². The molecule has 0 unspecified atom stereocenters. The van der Waals surface area contributed by atoms with Crippen LogP contribution in [0.1, 0.15) is 30.8 Å². The number of hydrogen-bond acceptors (Lipinski definition) is 4. The average Bonchev–Trinajstić information content (AvgIpc) is 2.97. The third-order valence-corrected chi connectivity index (χ3v) is 3.59. The number of carbonyl (C=O) groups is 2. The Morgan fingerprint density at radius 1 is 1.36 bits per heavy atom. The number of aromatic nitrogens is 3. The van der Waals surface area contributed by atoms with E-state index in [9.17, 15) is 9.59 Å². The number of carbonyl (C=O) groups excluding carboxylic acids is 2. The van der Waals surface area contributed by atoms with Crippen molar-refractivity contribution in [1.82, 2.24) is 14.8 Å². The van der Waals surface area contributed by atoms with Gasteiger partial charge in [-0.05, 0) is 31.0 Å². The number of amides is 2. The summed E-state index contributed by atoms with van der Waals surface area (Å²) in [4.78, 5) is 28.1. The molecule has 0 fully saturated rings. The molecule has 7 heteroatoms. The van der Waals surface area contributed by atoms with Crippen molar-refractivity contribution in [2.75, 3.05) is 10.6 Å². The maximum absolute atomic E-state index is 12.1. The fourth-order valence-electron chi connectivity index (χ4n) is 2.43. The van der Waals surface area contributed by atoms with Crippen LogP contribution >= 0.6 is 0 Å². The first-order chi connectivity index (χ1) is 10.6. The summed E-state index contributed by atoms with van der Waals surface area (Å²) in [7, 11) is 0. The Morgan fingerprint density at radius 3 is 2.77 bits per heavy atom. The highest BCUT2D eigenvalue weighted by Crippen LogP contribution is 2.25. The molecule has 0 radical (unpaired) electrons. The number of aryl methyl sites for hydroxylation is 2. The molecular formula is C15H17N5O2. The van der Waals surface area contributed by atoms with E-state index in [0.717, 1.165) is 12.1 Å². The van der Waals surface area contributed by atoms with Crippen molar-refractivity contribution < 1.29 is 9.59 Å². The van der Waals surface area contributed by atoms with Gasteiger partial charge in [-0.25, -0.2) is 4.68 Å². The van der Waals surface area contributed by atoms with Crippen LogP contribution in [0.3, 0.4) is 0 Å². The molecule has 2 N–H and O–H groups in total. The van der Waals surface area contributed by atoms with Crippen molar-refractivity contribution in [3.63, 3.8) is 0 Å². The van der Waals surface area contributed by atoms with E-state index in [2.05, 4.69) is 27.6 Å². The molecule has 7 nitrogen and oxygen atoms in total. The van der Waals surface area contributed by atoms with Gasteiger partial charge in [0.1, 0.15) is 11.9 Å². The minimum Gasteiger partial charge on any atom is -0.326 e. The lowest BCUT2D eigenvalue weighted by atomic mass is 10.1. The summed E-state index contributed by atoms with van der Waals surface area (Å²) in [6.45, 7) is 3.81. The van der Waals surface area contributed by atoms with Crippen molar-refractivity contribution in [1.29, 1.82) is 0 Å². The fourth-order valence-corrected chi connectivity index (χ4v) is 2.43. The zero-order valence-electron chi connectivity index (χ0n) is 12.5. The number of fused-ring (bicyclic) bond motifs is 1. The molecule has 3 rings (SSSR count). The molecule has 2 amide bonds. The molecule has 2 aromatic rings. The molecule has 22 heavy (non-hydrogen) atoms. The largest absolute Gasteiger partial charge is 0.326 e. The number of rotatable bonds is 4. The van der Waals surface area contributed by atoms with E-state index in [1.165, 1.54) is 10.2 Å². The predicted octanol–water partition coefficient (Wildman–Crippen LogP) is 1.67. The molecule has 0 saturated heterocycles. The van der Waals surface area contributed by atoms with E-state index in [4.69, 9.17) is 0 Å². The van der Waals surface area contributed by atoms with Crippen LogP contribution in [0.2, 0.25) is 0 Å². The van der Waals surface area contributed by atoms with Gasteiger partial charge < -0.3 is 5.32 Å². The molecule has 114 valence electrons. The van der Waals surface area contributed by atoms with Crippen molar-refractivity contribution in [3.05, 3.63) is 35.7 Å². The predicted molar refractivity (Wildman–Crippen MR) is 81.5 cm³/mol. The maximum atomic E-state index is 12.1. The quantitative estimate of drug-likeness (QED) is 0.898. The third-order valence-electron chi connectivity index (χ3n) is 3.59. The number of hydrogen-bond donors (Lipinski definition) is 2. The van der Waals surface area contributed by atoms with Crippen molar-refractivity contribution >= 4 is 23.5 Å². The van der Waals surface area contributed by atoms with Crippen molar-refractivity contribution in [2.45, 2.75) is 32.7 Å². The fraction of sp³-hybridized carbons (Fsp3) is 0.333. The number of benzene rings is 1. The Morgan fingerprint density at radius 2 is 2.09 bits per heavy atom. The summed E-state index contributed by atoms with van der Waals surface area (Å²) in [5, 5.41) is 9.57. The highest BCUT2D eigenvalue weighted by Gasteiger charge is 2.34. The first kappa shape index (κ1) is 14.2. The lowest BCUT2D eigenvalue weighted by molar-refractivity contribution is -0.123. The maximum Gasteiger partial charge on any atom is 0.252 e. The Labute approximate surface area is 127 Å². The number of anilines is 2. The zero-order valence-corrected chi connectivity index (χ0v) is 12.5. The molecule has 1 atom stereocenters. The summed E-state index contributed by atoms with van der Waals surface area (Å²) in [5.74, 6) is 0.472. The molecule has 0 bridgehead atoms. The molecule has 1 aromatic heterocycles. The third kappa shape index (κ3) is 2.69. The van der Waals surface area contributed by atoms with Crippen molar-refractivity contribution in [2.24, 2.45) is 0 Å². The normalized spacial score (nSPS) is 16.3. The SMILES string of the molecule is CCc1ccc(NC(=O)C[C@@H]2C(=O)Nc3nc(C)nn32)cc1. The lowest BCUT2D eigenvalue weighted by Crippen LogP contribution is -2.23. The number of nitrogens with zero attached hydrogens (tertiary/aromatic N) is 3. The zero-order chi connectivity index (χ0) is 15.7. The van der Waals surface area contributed by atoms with Gasteiger partial charge >= 0.3 is 0 Å². The van der Waals surface area contributed by atoms with Gasteiger partial charge in [-0.1, -0.05) is 19.1 Å². The lowest BCUT2D eigenvalue weighted by Gasteiger charge is -2.10. The Bertz CT molecular complexity index is 720. The van der Waals surface area contributed by atoms with E-state index < -0.39 is 6.04 Å². The molecule has 1 aliphatic rings. The first-order valence-electron chi connectivity index (χ1n) is 7.19. The minimum atomic E-state index is -0.647. The van der Waals surface area contributed by atoms with Crippen LogP contribution in [0, 0.1) is 6.92 Å². The van der Waals surface area contributed by atoms with Gasteiger partial charge in [0.2, 0.25) is 11.9 Å². The van der Waals surface area contributed by atoms with Gasteiger partial charge in [0.15, 0.2) is 0 Å². The highest BCUT2D eigenvalue weighted by atomic mass is 16.2. The van der Waals surface area contributed by atoms with Gasteiger partial charge in [0.05, 0.1) is 6.42 Å². The van der Waals surface area contributed by atoms with Crippen LogP contribution in [0.5, 0.6) is 0 Å². The first-order valence-corrected chi connectivity index (χ1v) is 7.19. The molecule has 1 aliphatic heterocycles. The second kappa shape index (κ2) is 5.59. The topological polar surface area (TPSA) is 88.9 Å². The van der Waals surface area contributed by atoms with Gasteiger partial charge in [-0.3, -0.25) is 14.9 Å². The number of nitrogens with one attached hydrogen (secondary N) is 2. The summed E-state index contributed by atoms with van der Waals surface area (Å²) in [6, 6.07) is 7.01. The van der Waals surface area contributed by atoms with E-state index in [0.29, 0.717) is 11.8 Å². The Kier molecular flexibility index (Phi) is 3.62. The molecular weight excluding hydrogens is 282 g/mol. The van der Waals surface area contributed by atoms with Crippen molar-refractivity contribution in [3.8, 4) is 0 Å². The minimum absolute atomic E-state index is 0.0250. The van der Waals surface area contributed by atoms with E-state index in [1.807, 2.05) is 24.3 Å². The highest BCUT2D eigenvalue weighted by molar-refractivity contribution is 6.00. The van der Waals surface area contributed by atoms with Crippen LogP contribution in [-0.4, -0.2) is 26.6 Å². The second-order valence-electron chi connectivity index (χ2n) is 5.24. The molecule has 2 heterocycles. The summed E-state index contributed by atoms with van der Waals surface area (Å²) in [5.41, 5.74) is 1.92. The van der Waals surface area contributed by atoms with Gasteiger partial charge in [-0.15, -0.1) is 0 Å². The van der Waals surface area contributed by atoms with Crippen LogP contribution in [-0.2, 0) is 16.0 Å². The summed E-state index contributed by atoms with van der Waals surface area (Å²) in [6.07, 6.45) is 0.974. The van der Waals surface area contributed by atoms with Gasteiger partial charge in [-0.2, -0.15) is 10.1 Å². The van der Waals surface area contributed by atoms with E-state index in [1.54, 1.807) is 6.92 Å². The molecule has 0 aliphatic carbocycles. The molecule has 0 spiro atoms. The Hall–Kier alpha value is -2.70. The van der Waals surface area contributed by atoms with Crippen LogP contribution in [0.4, 0.5) is 11.6 Å². The smallest absolute Gasteiger partial charge is 0.252 e. The molecule has 1 aromatic carbocycles. The van der Waals surface area contributed by atoms with Crippen LogP contribution in [0.25, 0.3) is 0 Å². The summed E-state index contributed by atoms with van der Waals surface area (Å²) >= 11 is 0. The standard InChI is InChI=1S/C15H17N5O2/c1-3-10-4-6-11(7-5-10)17-13(21)8-12-14(22)18-15-16-9(2)19-20(12)15/h4-7,12H,3,8H2,1-2H3,(H,17,21)(H,16,18,19,22)/t12-/m1/s1. The molecule has 0 saturated carbocycles. The average molecular weight is 299 g/mol.